The van der Waals surface area contributed by atoms with Crippen molar-refractivity contribution in [2.24, 2.45) is 0 Å². The third-order valence-electron chi connectivity index (χ3n) is 5.11. The minimum atomic E-state index is -4.49. The van der Waals surface area contributed by atoms with Crippen LogP contribution in [0, 0.1) is 0 Å². The highest BCUT2D eigenvalue weighted by atomic mass is 19.4. The summed E-state index contributed by atoms with van der Waals surface area (Å²) in [5.41, 5.74) is 0.853. The van der Waals surface area contributed by atoms with Crippen LogP contribution in [-0.2, 0) is 11.0 Å². The zero-order chi connectivity index (χ0) is 21.8. The van der Waals surface area contributed by atoms with E-state index in [2.05, 4.69) is 5.32 Å². The lowest BCUT2D eigenvalue weighted by molar-refractivity contribution is -0.137. The fourth-order valence-corrected chi connectivity index (χ4v) is 3.58. The molecule has 31 heavy (non-hydrogen) atoms. The highest BCUT2D eigenvalue weighted by Crippen LogP contribution is 2.36. The third-order valence-corrected chi connectivity index (χ3v) is 5.11. The van der Waals surface area contributed by atoms with Gasteiger partial charge < -0.3 is 14.6 Å². The maximum atomic E-state index is 13.2. The van der Waals surface area contributed by atoms with E-state index in [1.54, 1.807) is 12.1 Å². The van der Waals surface area contributed by atoms with Gasteiger partial charge in [0.05, 0.1) is 16.9 Å². The summed E-state index contributed by atoms with van der Waals surface area (Å²) < 4.78 is 45.2. The zero-order valence-electron chi connectivity index (χ0n) is 16.7. The molecule has 1 amide bonds. The number of nitrogens with zero attached hydrogens (tertiary/aromatic N) is 1. The van der Waals surface area contributed by atoms with Gasteiger partial charge in [-0.25, -0.2) is 0 Å². The number of amides is 1. The van der Waals surface area contributed by atoms with Crippen molar-refractivity contribution < 1.29 is 22.4 Å². The Morgan fingerprint density at radius 2 is 1.74 bits per heavy atom. The van der Waals surface area contributed by atoms with Crippen LogP contribution in [-0.4, -0.2) is 19.0 Å². The molecule has 4 nitrogen and oxygen atoms in total. The number of benzene rings is 2. The van der Waals surface area contributed by atoms with Crippen molar-refractivity contribution in [2.45, 2.75) is 19.0 Å². The normalized spacial score (nSPS) is 14.4. The van der Waals surface area contributed by atoms with Crippen molar-refractivity contribution in [1.29, 1.82) is 0 Å². The molecule has 0 atom stereocenters. The first kappa shape index (κ1) is 20.8. The Hall–Kier alpha value is -3.48. The van der Waals surface area contributed by atoms with Crippen LogP contribution in [0.4, 0.5) is 24.5 Å². The molecule has 1 saturated heterocycles. The minimum absolute atomic E-state index is 0.149. The molecule has 0 radical (unpaired) electrons. The second kappa shape index (κ2) is 8.71. The molecular weight excluding hydrogens is 405 g/mol. The van der Waals surface area contributed by atoms with E-state index in [1.807, 2.05) is 35.2 Å². The summed E-state index contributed by atoms with van der Waals surface area (Å²) in [5, 5.41) is 2.60. The van der Waals surface area contributed by atoms with Crippen LogP contribution in [0.15, 0.2) is 71.2 Å². The van der Waals surface area contributed by atoms with Gasteiger partial charge in [-0.05, 0) is 49.2 Å². The number of hydrogen-bond acceptors (Lipinski definition) is 3. The maximum absolute atomic E-state index is 13.2. The van der Waals surface area contributed by atoms with E-state index in [-0.39, 0.29) is 5.69 Å². The Morgan fingerprint density at radius 1 is 1.00 bits per heavy atom. The predicted octanol–water partition coefficient (Wildman–Crippen LogP) is 6.22. The average molecular weight is 426 g/mol. The number of halogens is 3. The average Bonchev–Trinajstić information content (AvgIpc) is 3.45. The van der Waals surface area contributed by atoms with Gasteiger partial charge in [0.1, 0.15) is 11.5 Å². The van der Waals surface area contributed by atoms with E-state index in [1.165, 1.54) is 18.2 Å². The number of hydrogen-bond donors (Lipinski definition) is 1. The summed E-state index contributed by atoms with van der Waals surface area (Å²) in [4.78, 5) is 14.4. The van der Waals surface area contributed by atoms with Crippen LogP contribution < -0.4 is 10.2 Å². The van der Waals surface area contributed by atoms with E-state index in [4.69, 9.17) is 4.42 Å². The molecule has 0 bridgehead atoms. The summed E-state index contributed by atoms with van der Waals surface area (Å²) in [5.74, 6) is 0.602. The van der Waals surface area contributed by atoms with Crippen molar-refractivity contribution in [3.05, 3.63) is 78.1 Å². The molecule has 0 unspecified atom stereocenters. The highest BCUT2D eigenvalue weighted by Gasteiger charge is 2.31. The van der Waals surface area contributed by atoms with Crippen LogP contribution >= 0.6 is 0 Å². The van der Waals surface area contributed by atoms with Gasteiger partial charge in [0.15, 0.2) is 0 Å². The molecule has 3 aromatic rings. The van der Waals surface area contributed by atoms with Crippen molar-refractivity contribution in [3.63, 3.8) is 0 Å². The molecule has 0 aliphatic carbocycles. The van der Waals surface area contributed by atoms with Gasteiger partial charge in [-0.2, -0.15) is 13.2 Å². The molecule has 4 rings (SSSR count). The van der Waals surface area contributed by atoms with Crippen molar-refractivity contribution in [2.75, 3.05) is 23.3 Å². The van der Waals surface area contributed by atoms with Crippen molar-refractivity contribution >= 4 is 23.4 Å². The number of carbonyl (C=O) groups excluding carboxylic acids is 1. The van der Waals surface area contributed by atoms with Crippen LogP contribution in [0.25, 0.3) is 17.4 Å². The molecule has 1 fully saturated rings. The van der Waals surface area contributed by atoms with Gasteiger partial charge in [0, 0.05) is 24.7 Å². The number of anilines is 2. The Morgan fingerprint density at radius 3 is 2.45 bits per heavy atom. The standard InChI is InChI=1S/C24H21F3N2O2/c25-24(26,27)18-8-11-21(29-14-4-5-15-29)20(16-18)28-23(30)13-10-19-9-12-22(31-19)17-6-2-1-3-7-17/h1-3,6-13,16H,4-5,14-15H2,(H,28,30)/b13-10+. The fourth-order valence-electron chi connectivity index (χ4n) is 3.58. The lowest BCUT2D eigenvalue weighted by Crippen LogP contribution is -2.21. The molecular formula is C24H21F3N2O2. The van der Waals surface area contributed by atoms with Crippen LogP contribution in [0.5, 0.6) is 0 Å². The molecule has 0 saturated carbocycles. The van der Waals surface area contributed by atoms with Crippen molar-refractivity contribution in [3.8, 4) is 11.3 Å². The second-order valence-electron chi connectivity index (χ2n) is 7.31. The first-order valence-electron chi connectivity index (χ1n) is 10.0. The summed E-state index contributed by atoms with van der Waals surface area (Å²) in [6.45, 7) is 1.50. The summed E-state index contributed by atoms with van der Waals surface area (Å²) in [6.07, 6.45) is 0.195. The molecule has 1 aliphatic rings. The molecule has 0 spiro atoms. The lowest BCUT2D eigenvalue weighted by Gasteiger charge is -2.22. The molecule has 160 valence electrons. The predicted molar refractivity (Wildman–Crippen MR) is 115 cm³/mol. The second-order valence-corrected chi connectivity index (χ2v) is 7.31. The van der Waals surface area contributed by atoms with Gasteiger partial charge in [-0.15, -0.1) is 0 Å². The third kappa shape index (κ3) is 4.99. The Bertz CT molecular complexity index is 1080. The molecule has 1 aliphatic heterocycles. The number of nitrogens with one attached hydrogen (secondary N) is 1. The summed E-state index contributed by atoms with van der Waals surface area (Å²) in [6, 6.07) is 16.5. The number of rotatable bonds is 5. The Kier molecular flexibility index (Phi) is 5.84. The van der Waals surface area contributed by atoms with Crippen LogP contribution in [0.3, 0.4) is 0 Å². The SMILES string of the molecule is O=C(/C=C/c1ccc(-c2ccccc2)o1)Nc1cc(C(F)(F)F)ccc1N1CCCC1. The quantitative estimate of drug-likeness (QED) is 0.493. The molecule has 2 aromatic carbocycles. The Balaban J connectivity index is 1.51. The number of furan rings is 1. The lowest BCUT2D eigenvalue weighted by atomic mass is 10.1. The van der Waals surface area contributed by atoms with Gasteiger partial charge >= 0.3 is 6.18 Å². The molecule has 7 heteroatoms. The summed E-state index contributed by atoms with van der Waals surface area (Å²) >= 11 is 0. The monoisotopic (exact) mass is 426 g/mol. The van der Waals surface area contributed by atoms with Gasteiger partial charge in [0.25, 0.3) is 0 Å². The van der Waals surface area contributed by atoms with Gasteiger partial charge in [0.2, 0.25) is 5.91 Å². The first-order chi connectivity index (χ1) is 14.9. The van der Waals surface area contributed by atoms with E-state index < -0.39 is 17.6 Å². The van der Waals surface area contributed by atoms with Crippen LogP contribution in [0.2, 0.25) is 0 Å². The molecule has 1 aromatic heterocycles. The molecule has 1 N–H and O–H groups in total. The van der Waals surface area contributed by atoms with Crippen molar-refractivity contribution in [1.82, 2.24) is 0 Å². The van der Waals surface area contributed by atoms with E-state index in [9.17, 15) is 18.0 Å². The maximum Gasteiger partial charge on any atom is 0.416 e. The zero-order valence-corrected chi connectivity index (χ0v) is 16.7. The van der Waals surface area contributed by atoms with Gasteiger partial charge in [-0.3, -0.25) is 4.79 Å². The minimum Gasteiger partial charge on any atom is -0.457 e. The van der Waals surface area contributed by atoms with E-state index in [0.29, 0.717) is 17.2 Å². The number of alkyl halides is 3. The van der Waals surface area contributed by atoms with Gasteiger partial charge in [-0.1, -0.05) is 30.3 Å². The first-order valence-corrected chi connectivity index (χ1v) is 10.0. The molecule has 2 heterocycles. The Labute approximate surface area is 178 Å². The smallest absolute Gasteiger partial charge is 0.416 e. The van der Waals surface area contributed by atoms with E-state index >= 15 is 0 Å². The largest absolute Gasteiger partial charge is 0.457 e. The van der Waals surface area contributed by atoms with Crippen LogP contribution in [0.1, 0.15) is 24.2 Å². The highest BCUT2D eigenvalue weighted by molar-refractivity contribution is 6.03. The van der Waals surface area contributed by atoms with E-state index in [0.717, 1.165) is 43.6 Å². The summed E-state index contributed by atoms with van der Waals surface area (Å²) in [7, 11) is 0. The fraction of sp³-hybridized carbons (Fsp3) is 0.208. The topological polar surface area (TPSA) is 45.5 Å². The number of carbonyl (C=O) groups is 1.